The van der Waals surface area contributed by atoms with Gasteiger partial charge in [-0.15, -0.1) is 34.0 Å². The molecule has 148 valence electrons. The second-order valence-electron chi connectivity index (χ2n) is 7.83. The van der Waals surface area contributed by atoms with Crippen molar-refractivity contribution in [2.24, 2.45) is 0 Å². The van der Waals surface area contributed by atoms with E-state index in [1.54, 1.807) is 50.8 Å². The largest absolute Gasteiger partial charge is 0.288 e. The molecule has 1 aliphatic carbocycles. The maximum Gasteiger partial charge on any atom is 0.198 e. The van der Waals surface area contributed by atoms with Crippen LogP contribution in [0.3, 0.4) is 0 Å². The van der Waals surface area contributed by atoms with Crippen LogP contribution in [0.2, 0.25) is 13.1 Å². The molecule has 0 saturated heterocycles. The topological polar surface area (TPSA) is 37.4 Å². The lowest BCUT2D eigenvalue weighted by molar-refractivity contribution is 0.0990. The van der Waals surface area contributed by atoms with E-state index in [4.69, 9.17) is 0 Å². The predicted octanol–water partition coefficient (Wildman–Crippen LogP) is 6.00. The minimum Gasteiger partial charge on any atom is -0.288 e. The number of allylic oxidation sites excluding steroid dienone is 1. The van der Waals surface area contributed by atoms with Crippen molar-refractivity contribution in [3.63, 3.8) is 0 Å². The number of carbonyl (C=O) groups is 2. The van der Waals surface area contributed by atoms with Gasteiger partial charge in [0.2, 0.25) is 0 Å². The number of thiophene rings is 4. The van der Waals surface area contributed by atoms with Gasteiger partial charge in [-0.25, -0.2) is 0 Å². The van der Waals surface area contributed by atoms with Gasteiger partial charge in [-0.2, -0.15) is 11.3 Å². The van der Waals surface area contributed by atoms with E-state index in [0.29, 0.717) is 11.1 Å². The number of nitrogens with zero attached hydrogens (tertiary/aromatic N) is 1. The Morgan fingerprint density at radius 2 is 1.47 bits per heavy atom. The molecule has 0 N–H and O–H groups in total. The summed E-state index contributed by atoms with van der Waals surface area (Å²) in [7, 11) is -1.69. The minimum absolute atomic E-state index is 0.155. The zero-order valence-electron chi connectivity index (χ0n) is 16.1. The smallest absolute Gasteiger partial charge is 0.198 e. The highest BCUT2D eigenvalue weighted by molar-refractivity contribution is 7.25. The van der Waals surface area contributed by atoms with Gasteiger partial charge in [-0.3, -0.25) is 14.5 Å². The van der Waals surface area contributed by atoms with Gasteiger partial charge in [-0.1, -0.05) is 13.1 Å². The Hall–Kier alpha value is -2.10. The number of hydrogen-bond donors (Lipinski definition) is 0. The monoisotopic (exact) mass is 481 g/mol. The Labute approximate surface area is 190 Å². The summed E-state index contributed by atoms with van der Waals surface area (Å²) >= 11 is 6.59. The van der Waals surface area contributed by atoms with Gasteiger partial charge in [0.25, 0.3) is 0 Å². The standard InChI is InChI=1S/C22H15NO2S4Si/c1-30(2)16-5-7-27-21(16)23(22-17(30)6-8-28-22)18-4-3-12(29-18)9-13-19(24)14-10-26-11-15(14)20(13)25/h3-11H,1-2H3. The first-order valence-corrected chi connectivity index (χ1v) is 15.9. The average Bonchev–Trinajstić information content (AvgIpc) is 3.53. The zero-order chi connectivity index (χ0) is 20.6. The first kappa shape index (κ1) is 18.6. The van der Waals surface area contributed by atoms with E-state index >= 15 is 0 Å². The molecule has 6 rings (SSSR count). The SMILES string of the molecule is C[Si]1(C)c2ccsc2N(c2ccc(C=C3C(=O)c4cscc4C3=O)s2)c2sccc21. The highest BCUT2D eigenvalue weighted by atomic mass is 32.1. The number of anilines is 3. The molecule has 0 aromatic carbocycles. The van der Waals surface area contributed by atoms with Gasteiger partial charge < -0.3 is 0 Å². The highest BCUT2D eigenvalue weighted by Gasteiger charge is 2.40. The third-order valence-corrected chi connectivity index (χ3v) is 13.2. The summed E-state index contributed by atoms with van der Waals surface area (Å²) in [6.07, 6.45) is 1.76. The van der Waals surface area contributed by atoms with Gasteiger partial charge >= 0.3 is 0 Å². The molecule has 0 radical (unpaired) electrons. The quantitative estimate of drug-likeness (QED) is 0.200. The van der Waals surface area contributed by atoms with Crippen LogP contribution in [-0.4, -0.2) is 19.6 Å². The van der Waals surface area contributed by atoms with Gasteiger partial charge in [0.1, 0.15) is 23.1 Å². The lowest BCUT2D eigenvalue weighted by Gasteiger charge is -2.35. The van der Waals surface area contributed by atoms with Crippen LogP contribution >= 0.6 is 45.3 Å². The summed E-state index contributed by atoms with van der Waals surface area (Å²) in [6, 6.07) is 8.68. The Balaban J connectivity index is 1.43. The van der Waals surface area contributed by atoms with Crippen LogP contribution in [0.1, 0.15) is 25.6 Å². The number of hydrogen-bond acceptors (Lipinski definition) is 7. The summed E-state index contributed by atoms with van der Waals surface area (Å²) in [4.78, 5) is 28.5. The molecule has 0 unspecified atom stereocenters. The van der Waals surface area contributed by atoms with E-state index in [1.807, 2.05) is 6.07 Å². The summed E-state index contributed by atoms with van der Waals surface area (Å²) < 4.78 is 0. The Morgan fingerprint density at radius 1 is 0.867 bits per heavy atom. The fraction of sp³-hybridized carbons (Fsp3) is 0.0909. The van der Waals surface area contributed by atoms with E-state index in [9.17, 15) is 9.59 Å². The normalized spacial score (nSPS) is 16.6. The van der Waals surface area contributed by atoms with Crippen molar-refractivity contribution in [2.75, 3.05) is 4.90 Å². The van der Waals surface area contributed by atoms with E-state index < -0.39 is 8.07 Å². The molecule has 4 aromatic rings. The van der Waals surface area contributed by atoms with Crippen LogP contribution in [0.15, 0.2) is 51.4 Å². The van der Waals surface area contributed by atoms with Crippen molar-refractivity contribution in [1.82, 2.24) is 0 Å². The molecule has 0 spiro atoms. The molecule has 0 fully saturated rings. The first-order valence-electron chi connectivity index (χ1n) is 9.40. The van der Waals surface area contributed by atoms with Crippen molar-refractivity contribution in [3.05, 3.63) is 67.4 Å². The van der Waals surface area contributed by atoms with E-state index in [-0.39, 0.29) is 17.1 Å². The van der Waals surface area contributed by atoms with E-state index in [1.165, 1.54) is 31.7 Å². The summed E-state index contributed by atoms with van der Waals surface area (Å²) in [6.45, 7) is 4.84. The molecule has 0 bridgehead atoms. The Bertz CT molecular complexity index is 1310. The molecule has 30 heavy (non-hydrogen) atoms. The molecule has 8 heteroatoms. The average molecular weight is 482 g/mol. The molecule has 3 nitrogen and oxygen atoms in total. The number of fused-ring (bicyclic) bond motifs is 3. The lowest BCUT2D eigenvalue weighted by atomic mass is 10.1. The Morgan fingerprint density at radius 3 is 2.07 bits per heavy atom. The van der Waals surface area contributed by atoms with Gasteiger partial charge in [0, 0.05) is 26.8 Å². The molecule has 1 aliphatic heterocycles. The number of carbonyl (C=O) groups excluding carboxylic acids is 2. The molecule has 0 saturated carbocycles. The van der Waals surface area contributed by atoms with Crippen LogP contribution in [0.5, 0.6) is 0 Å². The van der Waals surface area contributed by atoms with Crippen molar-refractivity contribution in [1.29, 1.82) is 0 Å². The lowest BCUT2D eigenvalue weighted by Crippen LogP contribution is -2.56. The van der Waals surface area contributed by atoms with Crippen LogP contribution in [-0.2, 0) is 0 Å². The van der Waals surface area contributed by atoms with Crippen LogP contribution in [0, 0.1) is 0 Å². The highest BCUT2D eigenvalue weighted by Crippen LogP contribution is 2.46. The van der Waals surface area contributed by atoms with Crippen molar-refractivity contribution in [3.8, 4) is 0 Å². The number of rotatable bonds is 2. The van der Waals surface area contributed by atoms with Crippen LogP contribution in [0.4, 0.5) is 15.0 Å². The summed E-state index contributed by atoms with van der Waals surface area (Å²) in [5.41, 5.74) is 1.37. The maximum atomic E-state index is 12.6. The molecule has 5 heterocycles. The summed E-state index contributed by atoms with van der Waals surface area (Å²) in [5.74, 6) is -0.309. The van der Waals surface area contributed by atoms with Gasteiger partial charge in [0.05, 0.1) is 5.57 Å². The van der Waals surface area contributed by atoms with Crippen molar-refractivity contribution < 1.29 is 9.59 Å². The molecular formula is C22H15NO2S4Si. The van der Waals surface area contributed by atoms with Crippen LogP contribution in [0.25, 0.3) is 6.08 Å². The second kappa shape index (κ2) is 6.45. The van der Waals surface area contributed by atoms with Gasteiger partial charge in [0.15, 0.2) is 11.6 Å². The Kier molecular flexibility index (Phi) is 4.01. The third-order valence-electron chi connectivity index (χ3n) is 5.80. The zero-order valence-corrected chi connectivity index (χ0v) is 20.4. The molecule has 0 amide bonds. The fourth-order valence-corrected chi connectivity index (χ4v) is 12.5. The first-order chi connectivity index (χ1) is 14.5. The third kappa shape index (κ3) is 2.45. The maximum absolute atomic E-state index is 12.6. The van der Waals surface area contributed by atoms with E-state index in [2.05, 4.69) is 47.0 Å². The molecular weight excluding hydrogens is 467 g/mol. The molecule has 2 aliphatic rings. The molecule has 4 aromatic heterocycles. The van der Waals surface area contributed by atoms with Crippen LogP contribution < -0.4 is 15.3 Å². The molecule has 0 atom stereocenters. The number of ketones is 2. The van der Waals surface area contributed by atoms with E-state index in [0.717, 1.165) is 9.88 Å². The van der Waals surface area contributed by atoms with Gasteiger partial charge in [-0.05, 0) is 51.5 Å². The summed E-state index contributed by atoms with van der Waals surface area (Å²) in [5, 5.41) is 14.6. The minimum atomic E-state index is -1.69. The second-order valence-corrected chi connectivity index (χ2v) is 15.8. The van der Waals surface area contributed by atoms with Crippen molar-refractivity contribution >= 4 is 96.4 Å². The fourth-order valence-electron chi connectivity index (χ4n) is 4.19. The number of Topliss-reactive ketones (excluding diaryl/α,β-unsaturated/α-hetero) is 2. The predicted molar refractivity (Wildman–Crippen MR) is 132 cm³/mol. The van der Waals surface area contributed by atoms with Crippen molar-refractivity contribution in [2.45, 2.75) is 13.1 Å².